The van der Waals surface area contributed by atoms with E-state index in [1.807, 2.05) is 42.5 Å². The van der Waals surface area contributed by atoms with E-state index in [4.69, 9.17) is 23.7 Å². The topological polar surface area (TPSA) is 69.7 Å². The van der Waals surface area contributed by atoms with E-state index < -0.39 is 0 Å². The molecule has 1 aliphatic heterocycles. The van der Waals surface area contributed by atoms with E-state index in [-0.39, 0.29) is 12.6 Å². The van der Waals surface area contributed by atoms with Crippen LogP contribution >= 0.6 is 0 Å². The minimum absolute atomic E-state index is 0.283. The maximum atomic E-state index is 12.8. The number of carbonyl (C=O) groups is 1. The minimum atomic E-state index is -0.381. The van der Waals surface area contributed by atoms with E-state index >= 15 is 0 Å². The molecule has 0 radical (unpaired) electrons. The zero-order chi connectivity index (χ0) is 26.7. The Bertz CT molecular complexity index is 1190. The van der Waals surface area contributed by atoms with Gasteiger partial charge in [0, 0.05) is 32.7 Å². The number of carbonyl (C=O) groups excluding carboxylic acids is 1. The highest BCUT2D eigenvalue weighted by Gasteiger charge is 2.20. The van der Waals surface area contributed by atoms with Crippen LogP contribution in [0.5, 0.6) is 23.0 Å². The van der Waals surface area contributed by atoms with Gasteiger partial charge < -0.3 is 28.6 Å². The summed E-state index contributed by atoms with van der Waals surface area (Å²) in [6.07, 6.45) is 0.773. The summed E-state index contributed by atoms with van der Waals surface area (Å²) in [7, 11) is 4.90. The monoisotopic (exact) mass is 520 g/mol. The molecule has 0 amide bonds. The molecule has 1 saturated heterocycles. The Morgan fingerprint density at radius 2 is 1.45 bits per heavy atom. The molecule has 0 spiro atoms. The van der Waals surface area contributed by atoms with Crippen LogP contribution in [-0.2, 0) is 11.3 Å². The van der Waals surface area contributed by atoms with Gasteiger partial charge in [0.2, 0.25) is 0 Å². The summed E-state index contributed by atoms with van der Waals surface area (Å²) in [5.74, 6) is 2.29. The second-order valence-corrected chi connectivity index (χ2v) is 8.96. The standard InChI is InChI=1S/C30H36N2O6/c1-34-27-12-7-5-10-25(27)32-18-16-31(17-19-32)15-8-20-37-30(33)24-9-4-6-11-26(24)38-22-23-13-14-28(35-2)29(21-23)36-3/h4-7,9-14,21H,8,15-20,22H2,1-3H3. The van der Waals surface area contributed by atoms with E-state index in [1.165, 1.54) is 0 Å². The molecule has 0 aliphatic carbocycles. The number of hydrogen-bond acceptors (Lipinski definition) is 8. The predicted octanol–water partition coefficient (Wildman–Crippen LogP) is 4.66. The molecule has 202 valence electrons. The lowest BCUT2D eigenvalue weighted by atomic mass is 10.2. The minimum Gasteiger partial charge on any atom is -0.495 e. The fourth-order valence-corrected chi connectivity index (χ4v) is 4.53. The van der Waals surface area contributed by atoms with Gasteiger partial charge in [-0.3, -0.25) is 4.90 Å². The second-order valence-electron chi connectivity index (χ2n) is 8.96. The predicted molar refractivity (Wildman–Crippen MR) is 147 cm³/mol. The van der Waals surface area contributed by atoms with Crippen molar-refractivity contribution in [2.75, 3.05) is 65.6 Å². The lowest BCUT2D eigenvalue weighted by Gasteiger charge is -2.36. The first-order valence-electron chi connectivity index (χ1n) is 12.8. The van der Waals surface area contributed by atoms with E-state index in [2.05, 4.69) is 15.9 Å². The molecule has 1 aliphatic rings. The summed E-state index contributed by atoms with van der Waals surface area (Å²) in [5, 5.41) is 0. The van der Waals surface area contributed by atoms with Crippen LogP contribution in [-0.4, -0.2) is 71.5 Å². The average Bonchev–Trinajstić information content (AvgIpc) is 2.98. The van der Waals surface area contributed by atoms with Crippen molar-refractivity contribution >= 4 is 11.7 Å². The number of nitrogens with zero attached hydrogens (tertiary/aromatic N) is 2. The third kappa shape index (κ3) is 6.89. The van der Waals surface area contributed by atoms with Crippen LogP contribution in [0, 0.1) is 0 Å². The molecule has 0 saturated carbocycles. The normalized spacial score (nSPS) is 13.6. The first-order valence-corrected chi connectivity index (χ1v) is 12.8. The number of rotatable bonds is 12. The molecule has 0 bridgehead atoms. The lowest BCUT2D eigenvalue weighted by Crippen LogP contribution is -2.46. The van der Waals surface area contributed by atoms with Crippen molar-refractivity contribution < 1.29 is 28.5 Å². The number of benzene rings is 3. The van der Waals surface area contributed by atoms with Crippen LogP contribution in [0.4, 0.5) is 5.69 Å². The highest BCUT2D eigenvalue weighted by atomic mass is 16.5. The summed E-state index contributed by atoms with van der Waals surface area (Å²) in [6.45, 7) is 5.30. The third-order valence-electron chi connectivity index (χ3n) is 6.60. The number of piperazine rings is 1. The molecule has 0 aromatic heterocycles. The van der Waals surface area contributed by atoms with Crippen molar-refractivity contribution in [2.24, 2.45) is 0 Å². The molecule has 3 aromatic rings. The van der Waals surface area contributed by atoms with Gasteiger partial charge in [-0.2, -0.15) is 0 Å². The van der Waals surface area contributed by atoms with Gasteiger partial charge in [0.25, 0.3) is 0 Å². The lowest BCUT2D eigenvalue weighted by molar-refractivity contribution is 0.0482. The van der Waals surface area contributed by atoms with Gasteiger partial charge in [-0.15, -0.1) is 0 Å². The van der Waals surface area contributed by atoms with Crippen LogP contribution in [0.15, 0.2) is 66.7 Å². The molecule has 38 heavy (non-hydrogen) atoms. The molecular weight excluding hydrogens is 484 g/mol. The number of esters is 1. The third-order valence-corrected chi connectivity index (χ3v) is 6.60. The fraction of sp³-hybridized carbons (Fsp3) is 0.367. The molecule has 1 fully saturated rings. The molecule has 8 nitrogen and oxygen atoms in total. The molecule has 4 rings (SSSR count). The Hall–Kier alpha value is -3.91. The number of hydrogen-bond donors (Lipinski definition) is 0. The van der Waals surface area contributed by atoms with Gasteiger partial charge in [0.15, 0.2) is 11.5 Å². The van der Waals surface area contributed by atoms with Crippen LogP contribution in [0.1, 0.15) is 22.3 Å². The van der Waals surface area contributed by atoms with Crippen molar-refractivity contribution in [3.8, 4) is 23.0 Å². The average molecular weight is 521 g/mol. The van der Waals surface area contributed by atoms with Gasteiger partial charge >= 0.3 is 5.97 Å². The van der Waals surface area contributed by atoms with Crippen LogP contribution in [0.3, 0.4) is 0 Å². The second kappa shape index (κ2) is 13.6. The van der Waals surface area contributed by atoms with Crippen molar-refractivity contribution in [1.82, 2.24) is 4.90 Å². The molecule has 3 aromatic carbocycles. The van der Waals surface area contributed by atoms with Gasteiger partial charge in [-0.05, 0) is 48.4 Å². The van der Waals surface area contributed by atoms with E-state index in [1.54, 1.807) is 39.5 Å². The largest absolute Gasteiger partial charge is 0.495 e. The summed E-state index contributed by atoms with van der Waals surface area (Å²) < 4.78 is 27.7. The number of para-hydroxylation sites is 3. The first kappa shape index (κ1) is 27.1. The van der Waals surface area contributed by atoms with Crippen LogP contribution < -0.4 is 23.8 Å². The Labute approximate surface area is 224 Å². The Morgan fingerprint density at radius 1 is 0.763 bits per heavy atom. The Balaban J connectivity index is 1.22. The fourth-order valence-electron chi connectivity index (χ4n) is 4.53. The van der Waals surface area contributed by atoms with Gasteiger partial charge in [0.05, 0.1) is 33.6 Å². The maximum Gasteiger partial charge on any atom is 0.341 e. The molecule has 0 N–H and O–H groups in total. The summed E-state index contributed by atoms with van der Waals surface area (Å²) in [6, 6.07) is 20.9. The van der Waals surface area contributed by atoms with Gasteiger partial charge in [-0.1, -0.05) is 30.3 Å². The summed E-state index contributed by atoms with van der Waals surface area (Å²) in [4.78, 5) is 17.6. The summed E-state index contributed by atoms with van der Waals surface area (Å²) >= 11 is 0. The maximum absolute atomic E-state index is 12.8. The van der Waals surface area contributed by atoms with Gasteiger partial charge in [0.1, 0.15) is 23.7 Å². The van der Waals surface area contributed by atoms with Crippen molar-refractivity contribution in [1.29, 1.82) is 0 Å². The SMILES string of the molecule is COc1ccc(COc2ccccc2C(=O)OCCCN2CCN(c3ccccc3OC)CC2)cc1OC. The van der Waals surface area contributed by atoms with Crippen LogP contribution in [0.25, 0.3) is 0 Å². The van der Waals surface area contributed by atoms with E-state index in [0.29, 0.717) is 29.4 Å². The first-order chi connectivity index (χ1) is 18.6. The zero-order valence-electron chi connectivity index (χ0n) is 22.4. The zero-order valence-corrected chi connectivity index (χ0v) is 22.4. The molecule has 0 unspecified atom stereocenters. The number of methoxy groups -OCH3 is 3. The van der Waals surface area contributed by atoms with Gasteiger partial charge in [-0.25, -0.2) is 4.79 Å². The van der Waals surface area contributed by atoms with Crippen molar-refractivity contribution in [3.63, 3.8) is 0 Å². The van der Waals surface area contributed by atoms with E-state index in [0.717, 1.165) is 56.1 Å². The summed E-state index contributed by atoms with van der Waals surface area (Å²) in [5.41, 5.74) is 2.45. The smallest absolute Gasteiger partial charge is 0.341 e. The molecule has 0 atom stereocenters. The Morgan fingerprint density at radius 3 is 2.18 bits per heavy atom. The van der Waals surface area contributed by atoms with Crippen molar-refractivity contribution in [2.45, 2.75) is 13.0 Å². The number of anilines is 1. The molecular formula is C30H36N2O6. The highest BCUT2D eigenvalue weighted by molar-refractivity contribution is 5.92. The molecule has 8 heteroatoms. The molecule has 1 heterocycles. The van der Waals surface area contributed by atoms with Crippen LogP contribution in [0.2, 0.25) is 0 Å². The highest BCUT2D eigenvalue weighted by Crippen LogP contribution is 2.29. The van der Waals surface area contributed by atoms with E-state index in [9.17, 15) is 4.79 Å². The number of ether oxygens (including phenoxy) is 5. The Kier molecular flexibility index (Phi) is 9.70. The van der Waals surface area contributed by atoms with Crippen molar-refractivity contribution in [3.05, 3.63) is 77.9 Å². The quantitative estimate of drug-likeness (QED) is 0.252.